The van der Waals surface area contributed by atoms with Crippen LogP contribution in [0.3, 0.4) is 0 Å². The van der Waals surface area contributed by atoms with Crippen LogP contribution in [0.5, 0.6) is 17.2 Å². The Balaban J connectivity index is 1.85. The number of fused-ring (bicyclic) bond motifs is 1. The number of aromatic hydroxyl groups is 1. The molecule has 6 nitrogen and oxygen atoms in total. The van der Waals surface area contributed by atoms with E-state index in [1.807, 2.05) is 30.3 Å². The van der Waals surface area contributed by atoms with Crippen LogP contribution in [0, 0.1) is 0 Å². The van der Waals surface area contributed by atoms with Crippen LogP contribution in [0.1, 0.15) is 22.8 Å². The molecule has 2 N–H and O–H groups in total. The van der Waals surface area contributed by atoms with Gasteiger partial charge in [0.15, 0.2) is 0 Å². The second kappa shape index (κ2) is 7.78. The van der Waals surface area contributed by atoms with Crippen LogP contribution in [0.4, 0.5) is 0 Å². The zero-order valence-electron chi connectivity index (χ0n) is 15.3. The number of hydrogen-bond acceptors (Lipinski definition) is 5. The Morgan fingerprint density at radius 3 is 2.33 bits per heavy atom. The Morgan fingerprint density at radius 1 is 1.00 bits per heavy atom. The number of phenolic OH excluding ortho intramolecular Hbond substituents is 1. The lowest BCUT2D eigenvalue weighted by molar-refractivity contribution is 0.0954. The molecule has 0 fully saturated rings. The van der Waals surface area contributed by atoms with Crippen LogP contribution in [0.15, 0.2) is 59.7 Å². The zero-order chi connectivity index (χ0) is 19.4. The normalized spacial score (nSPS) is 11.3. The van der Waals surface area contributed by atoms with Crippen molar-refractivity contribution in [3.63, 3.8) is 0 Å². The number of amides is 1. The quantitative estimate of drug-likeness (QED) is 0.534. The third kappa shape index (κ3) is 3.84. The maximum atomic E-state index is 12.4. The molecule has 0 aliphatic rings. The van der Waals surface area contributed by atoms with Gasteiger partial charge in [0, 0.05) is 22.6 Å². The van der Waals surface area contributed by atoms with Crippen molar-refractivity contribution in [2.75, 3.05) is 14.2 Å². The minimum atomic E-state index is -0.410. The number of methoxy groups -OCH3 is 2. The summed E-state index contributed by atoms with van der Waals surface area (Å²) in [4.78, 5) is 12.4. The van der Waals surface area contributed by atoms with Gasteiger partial charge in [0.25, 0.3) is 5.91 Å². The molecular formula is C21H20N2O4. The van der Waals surface area contributed by atoms with Gasteiger partial charge in [-0.3, -0.25) is 4.79 Å². The fourth-order valence-electron chi connectivity index (χ4n) is 2.75. The summed E-state index contributed by atoms with van der Waals surface area (Å²) in [6, 6.07) is 16.1. The van der Waals surface area contributed by atoms with Gasteiger partial charge in [0.1, 0.15) is 17.2 Å². The summed E-state index contributed by atoms with van der Waals surface area (Å²) in [5, 5.41) is 16.3. The first kappa shape index (κ1) is 18.3. The zero-order valence-corrected chi connectivity index (χ0v) is 15.3. The highest BCUT2D eigenvalue weighted by Gasteiger charge is 2.12. The Hall–Kier alpha value is -3.54. The van der Waals surface area contributed by atoms with Crippen molar-refractivity contribution >= 4 is 22.4 Å². The topological polar surface area (TPSA) is 80.2 Å². The van der Waals surface area contributed by atoms with Crippen LogP contribution < -0.4 is 14.9 Å². The largest absolute Gasteiger partial charge is 0.507 e. The van der Waals surface area contributed by atoms with E-state index in [0.29, 0.717) is 28.3 Å². The molecule has 0 saturated carbocycles. The molecule has 0 spiro atoms. The average molecular weight is 364 g/mol. The summed E-state index contributed by atoms with van der Waals surface area (Å²) < 4.78 is 10.3. The molecule has 6 heteroatoms. The van der Waals surface area contributed by atoms with Crippen molar-refractivity contribution in [2.24, 2.45) is 5.10 Å². The van der Waals surface area contributed by atoms with Gasteiger partial charge in [-0.2, -0.15) is 5.10 Å². The maximum Gasteiger partial charge on any atom is 0.271 e. The molecule has 3 rings (SSSR count). The molecule has 0 radical (unpaired) electrons. The average Bonchev–Trinajstić information content (AvgIpc) is 2.71. The number of benzene rings is 3. The SMILES string of the molecule is COc1cc(OC)cc(C(=O)N/N=C(\C)c2ccc3ccccc3c2O)c1. The van der Waals surface area contributed by atoms with Gasteiger partial charge in [-0.25, -0.2) is 5.43 Å². The Labute approximate surface area is 157 Å². The number of rotatable bonds is 5. The highest BCUT2D eigenvalue weighted by atomic mass is 16.5. The molecule has 3 aromatic rings. The lowest BCUT2D eigenvalue weighted by Gasteiger charge is -2.09. The van der Waals surface area contributed by atoms with Crippen LogP contribution in [-0.2, 0) is 0 Å². The molecule has 3 aromatic carbocycles. The number of phenols is 1. The highest BCUT2D eigenvalue weighted by Crippen LogP contribution is 2.29. The molecule has 27 heavy (non-hydrogen) atoms. The molecular weight excluding hydrogens is 344 g/mol. The lowest BCUT2D eigenvalue weighted by atomic mass is 10.0. The van der Waals surface area contributed by atoms with Crippen molar-refractivity contribution < 1.29 is 19.4 Å². The Bertz CT molecular complexity index is 1010. The van der Waals surface area contributed by atoms with E-state index in [0.717, 1.165) is 10.8 Å². The van der Waals surface area contributed by atoms with Crippen molar-refractivity contribution in [1.82, 2.24) is 5.43 Å². The highest BCUT2D eigenvalue weighted by molar-refractivity contribution is 6.07. The van der Waals surface area contributed by atoms with E-state index in [1.165, 1.54) is 14.2 Å². The molecule has 0 aromatic heterocycles. The van der Waals surface area contributed by atoms with Gasteiger partial charge in [0.05, 0.1) is 19.9 Å². The fraction of sp³-hybridized carbons (Fsp3) is 0.143. The summed E-state index contributed by atoms with van der Waals surface area (Å²) in [7, 11) is 3.03. The third-order valence-electron chi connectivity index (χ3n) is 4.23. The van der Waals surface area contributed by atoms with E-state index in [4.69, 9.17) is 9.47 Å². The monoisotopic (exact) mass is 364 g/mol. The molecule has 0 saturated heterocycles. The van der Waals surface area contributed by atoms with Crippen molar-refractivity contribution in [2.45, 2.75) is 6.92 Å². The Morgan fingerprint density at radius 2 is 1.67 bits per heavy atom. The number of carbonyl (C=O) groups excluding carboxylic acids is 1. The minimum Gasteiger partial charge on any atom is -0.507 e. The predicted molar refractivity (Wildman–Crippen MR) is 105 cm³/mol. The summed E-state index contributed by atoms with van der Waals surface area (Å²) in [5.74, 6) is 0.734. The van der Waals surface area contributed by atoms with Gasteiger partial charge in [-0.05, 0) is 30.5 Å². The number of nitrogens with one attached hydrogen (secondary N) is 1. The van der Waals surface area contributed by atoms with Crippen LogP contribution >= 0.6 is 0 Å². The predicted octanol–water partition coefficient (Wildman–Crippen LogP) is 3.72. The van der Waals surface area contributed by atoms with Crippen molar-refractivity contribution in [3.8, 4) is 17.2 Å². The number of hydrazone groups is 1. The molecule has 138 valence electrons. The van der Waals surface area contributed by atoms with Gasteiger partial charge in [-0.15, -0.1) is 0 Å². The number of ether oxygens (including phenoxy) is 2. The van der Waals surface area contributed by atoms with Gasteiger partial charge in [-0.1, -0.05) is 30.3 Å². The molecule has 0 heterocycles. The molecule has 0 bridgehead atoms. The molecule has 0 unspecified atom stereocenters. The molecule has 0 aliphatic heterocycles. The van der Waals surface area contributed by atoms with E-state index in [9.17, 15) is 9.90 Å². The number of nitrogens with zero attached hydrogens (tertiary/aromatic N) is 1. The minimum absolute atomic E-state index is 0.131. The molecule has 0 atom stereocenters. The van der Waals surface area contributed by atoms with E-state index in [2.05, 4.69) is 10.5 Å². The smallest absolute Gasteiger partial charge is 0.271 e. The van der Waals surface area contributed by atoms with Crippen LogP contribution in [0.25, 0.3) is 10.8 Å². The van der Waals surface area contributed by atoms with E-state index >= 15 is 0 Å². The first-order valence-corrected chi connectivity index (χ1v) is 8.32. The first-order valence-electron chi connectivity index (χ1n) is 8.32. The summed E-state index contributed by atoms with van der Waals surface area (Å²) in [6.07, 6.45) is 0. The Kier molecular flexibility index (Phi) is 5.26. The van der Waals surface area contributed by atoms with E-state index in [-0.39, 0.29) is 5.75 Å². The maximum absolute atomic E-state index is 12.4. The number of hydrogen-bond donors (Lipinski definition) is 2. The van der Waals surface area contributed by atoms with E-state index < -0.39 is 5.91 Å². The fourth-order valence-corrected chi connectivity index (χ4v) is 2.75. The third-order valence-corrected chi connectivity index (χ3v) is 4.23. The van der Waals surface area contributed by atoms with Crippen LogP contribution in [0.2, 0.25) is 0 Å². The molecule has 0 aliphatic carbocycles. The van der Waals surface area contributed by atoms with Crippen LogP contribution in [-0.4, -0.2) is 30.9 Å². The summed E-state index contributed by atoms with van der Waals surface area (Å²) in [6.45, 7) is 1.72. The number of carbonyl (C=O) groups is 1. The van der Waals surface area contributed by atoms with Gasteiger partial charge >= 0.3 is 0 Å². The second-order valence-corrected chi connectivity index (χ2v) is 5.92. The van der Waals surface area contributed by atoms with Gasteiger partial charge < -0.3 is 14.6 Å². The lowest BCUT2D eigenvalue weighted by Crippen LogP contribution is -2.19. The van der Waals surface area contributed by atoms with Crippen molar-refractivity contribution in [3.05, 3.63) is 65.7 Å². The van der Waals surface area contributed by atoms with Crippen molar-refractivity contribution in [1.29, 1.82) is 0 Å². The standard InChI is InChI=1S/C21H20N2O4/c1-13(18-9-8-14-6-4-5-7-19(14)20(18)24)22-23-21(25)15-10-16(26-2)12-17(11-15)27-3/h4-12,24H,1-3H3,(H,23,25)/b22-13+. The van der Waals surface area contributed by atoms with E-state index in [1.54, 1.807) is 31.2 Å². The second-order valence-electron chi connectivity index (χ2n) is 5.92. The summed E-state index contributed by atoms with van der Waals surface area (Å²) in [5.41, 5.74) is 3.89. The first-order chi connectivity index (χ1) is 13.0. The molecule has 1 amide bonds. The summed E-state index contributed by atoms with van der Waals surface area (Å²) >= 11 is 0. The van der Waals surface area contributed by atoms with Gasteiger partial charge in [0.2, 0.25) is 0 Å².